The predicted molar refractivity (Wildman–Crippen MR) is 70.5 cm³/mol. The molecule has 0 heterocycles. The van der Waals surface area contributed by atoms with Crippen molar-refractivity contribution in [3.8, 4) is 0 Å². The van der Waals surface area contributed by atoms with Crippen molar-refractivity contribution in [3.05, 3.63) is 0 Å². The number of carbonyl (C=O) groups is 1. The molecule has 1 fully saturated rings. The molecule has 1 aliphatic carbocycles. The van der Waals surface area contributed by atoms with Crippen molar-refractivity contribution in [2.45, 2.75) is 38.5 Å². The van der Waals surface area contributed by atoms with Gasteiger partial charge in [0, 0.05) is 33.4 Å². The van der Waals surface area contributed by atoms with Crippen molar-refractivity contribution < 1.29 is 14.6 Å². The molecule has 0 atom stereocenters. The number of hydrogen-bond donors (Lipinski definition) is 3. The van der Waals surface area contributed by atoms with E-state index >= 15 is 0 Å². The van der Waals surface area contributed by atoms with E-state index in [-0.39, 0.29) is 18.1 Å². The van der Waals surface area contributed by atoms with Crippen LogP contribution in [0.15, 0.2) is 0 Å². The third kappa shape index (κ3) is 5.23. The van der Waals surface area contributed by atoms with Gasteiger partial charge in [-0.05, 0) is 31.1 Å². The molecule has 1 aliphatic rings. The van der Waals surface area contributed by atoms with Gasteiger partial charge in [-0.2, -0.15) is 0 Å². The first-order valence-electron chi connectivity index (χ1n) is 6.84. The van der Waals surface area contributed by atoms with Crippen molar-refractivity contribution in [2.24, 2.45) is 5.41 Å². The zero-order valence-electron chi connectivity index (χ0n) is 11.3. The summed E-state index contributed by atoms with van der Waals surface area (Å²) in [6, 6.07) is -0.132. The van der Waals surface area contributed by atoms with Gasteiger partial charge in [-0.1, -0.05) is 12.8 Å². The number of hydrogen-bond acceptors (Lipinski definition) is 3. The highest BCUT2D eigenvalue weighted by molar-refractivity contribution is 5.73. The Hall–Kier alpha value is -0.810. The van der Waals surface area contributed by atoms with E-state index in [1.165, 1.54) is 25.7 Å². The summed E-state index contributed by atoms with van der Waals surface area (Å²) < 4.78 is 5.16. The van der Waals surface area contributed by atoms with Gasteiger partial charge >= 0.3 is 6.03 Å². The Labute approximate surface area is 109 Å². The maximum atomic E-state index is 11.6. The molecule has 5 heteroatoms. The summed E-state index contributed by atoms with van der Waals surface area (Å²) in [5.41, 5.74) is 0.227. The van der Waals surface area contributed by atoms with Gasteiger partial charge in [0.1, 0.15) is 0 Å². The first kappa shape index (κ1) is 15.2. The maximum absolute atomic E-state index is 11.6. The molecule has 2 amide bonds. The fourth-order valence-corrected chi connectivity index (χ4v) is 2.57. The second-order valence-corrected chi connectivity index (χ2v) is 5.14. The van der Waals surface area contributed by atoms with Crippen LogP contribution in [-0.2, 0) is 4.74 Å². The lowest BCUT2D eigenvalue weighted by Gasteiger charge is -2.29. The highest BCUT2D eigenvalue weighted by Gasteiger charge is 2.33. The Kier molecular flexibility index (Phi) is 7.05. The second kappa shape index (κ2) is 8.32. The van der Waals surface area contributed by atoms with E-state index in [2.05, 4.69) is 10.6 Å². The van der Waals surface area contributed by atoms with Gasteiger partial charge in [-0.3, -0.25) is 0 Å². The molecule has 0 radical (unpaired) electrons. The van der Waals surface area contributed by atoms with E-state index < -0.39 is 0 Å². The zero-order chi connectivity index (χ0) is 13.3. The summed E-state index contributed by atoms with van der Waals surface area (Å²) in [6.07, 6.45) is 6.46. The van der Waals surface area contributed by atoms with E-state index in [1.54, 1.807) is 7.11 Å². The minimum atomic E-state index is -0.132. The Morgan fingerprint density at radius 3 is 2.67 bits per heavy atom. The van der Waals surface area contributed by atoms with Crippen LogP contribution in [0.3, 0.4) is 0 Å². The Bertz CT molecular complexity index is 240. The van der Waals surface area contributed by atoms with Crippen LogP contribution in [0.25, 0.3) is 0 Å². The van der Waals surface area contributed by atoms with Crippen LogP contribution in [0.5, 0.6) is 0 Å². The smallest absolute Gasteiger partial charge is 0.314 e. The van der Waals surface area contributed by atoms with Gasteiger partial charge in [0.25, 0.3) is 0 Å². The molecular weight excluding hydrogens is 232 g/mol. The fourth-order valence-electron chi connectivity index (χ4n) is 2.57. The van der Waals surface area contributed by atoms with Crippen LogP contribution in [0, 0.1) is 5.41 Å². The number of nitrogens with one attached hydrogen (secondary N) is 2. The van der Waals surface area contributed by atoms with E-state index in [0.717, 1.165) is 19.6 Å². The Balaban J connectivity index is 2.26. The molecule has 18 heavy (non-hydrogen) atoms. The van der Waals surface area contributed by atoms with Gasteiger partial charge in [-0.15, -0.1) is 0 Å². The molecule has 0 aromatic rings. The maximum Gasteiger partial charge on any atom is 0.314 e. The number of aliphatic hydroxyl groups excluding tert-OH is 1. The van der Waals surface area contributed by atoms with Crippen molar-refractivity contribution in [1.29, 1.82) is 0 Å². The quantitative estimate of drug-likeness (QED) is 0.574. The number of ether oxygens (including phenoxy) is 1. The molecule has 5 nitrogen and oxygen atoms in total. The van der Waals surface area contributed by atoms with Crippen LogP contribution >= 0.6 is 0 Å². The summed E-state index contributed by atoms with van der Waals surface area (Å²) in [6.45, 7) is 2.11. The summed E-state index contributed by atoms with van der Waals surface area (Å²) in [4.78, 5) is 11.6. The molecule has 0 spiro atoms. The first-order valence-corrected chi connectivity index (χ1v) is 6.84. The molecule has 0 bridgehead atoms. The number of amides is 2. The molecule has 3 N–H and O–H groups in total. The van der Waals surface area contributed by atoms with Crippen LogP contribution in [-0.4, -0.2) is 44.6 Å². The largest absolute Gasteiger partial charge is 0.396 e. The molecule has 1 saturated carbocycles. The lowest BCUT2D eigenvalue weighted by atomic mass is 9.83. The monoisotopic (exact) mass is 258 g/mol. The van der Waals surface area contributed by atoms with E-state index in [0.29, 0.717) is 13.0 Å². The summed E-state index contributed by atoms with van der Waals surface area (Å²) in [5, 5.41) is 14.3. The van der Waals surface area contributed by atoms with E-state index in [4.69, 9.17) is 9.84 Å². The van der Waals surface area contributed by atoms with Gasteiger partial charge in [0.2, 0.25) is 0 Å². The normalized spacial score (nSPS) is 17.7. The summed E-state index contributed by atoms with van der Waals surface area (Å²) in [7, 11) is 1.72. The number of methoxy groups -OCH3 is 1. The van der Waals surface area contributed by atoms with Gasteiger partial charge in [0.05, 0.1) is 0 Å². The van der Waals surface area contributed by atoms with E-state index in [1.807, 2.05) is 0 Å². The fraction of sp³-hybridized carbons (Fsp3) is 0.923. The number of carbonyl (C=O) groups excluding carboxylic acids is 1. The van der Waals surface area contributed by atoms with Crippen LogP contribution < -0.4 is 10.6 Å². The van der Waals surface area contributed by atoms with Crippen LogP contribution in [0.4, 0.5) is 4.79 Å². The van der Waals surface area contributed by atoms with E-state index in [9.17, 15) is 4.79 Å². The van der Waals surface area contributed by atoms with Gasteiger partial charge < -0.3 is 20.5 Å². The molecule has 0 aromatic heterocycles. The first-order chi connectivity index (χ1) is 8.72. The lowest BCUT2D eigenvalue weighted by molar-refractivity contribution is 0.136. The molecule has 0 aliphatic heterocycles. The van der Waals surface area contributed by atoms with Crippen molar-refractivity contribution in [2.75, 3.05) is 33.4 Å². The molecule has 0 unspecified atom stereocenters. The number of aliphatic hydroxyl groups is 1. The standard InChI is InChI=1S/C13H26N2O3/c1-18-10-7-13(5-2-3-6-13)11-15-12(17)14-8-4-9-16/h16H,2-11H2,1H3,(H2,14,15,17). The Morgan fingerprint density at radius 1 is 1.33 bits per heavy atom. The molecule has 1 rings (SSSR count). The summed E-state index contributed by atoms with van der Waals surface area (Å²) in [5.74, 6) is 0. The summed E-state index contributed by atoms with van der Waals surface area (Å²) >= 11 is 0. The van der Waals surface area contributed by atoms with Crippen molar-refractivity contribution in [3.63, 3.8) is 0 Å². The topological polar surface area (TPSA) is 70.6 Å². The van der Waals surface area contributed by atoms with Gasteiger partial charge in [-0.25, -0.2) is 4.79 Å². The highest BCUT2D eigenvalue weighted by Crippen LogP contribution is 2.40. The molecular formula is C13H26N2O3. The van der Waals surface area contributed by atoms with Crippen LogP contribution in [0.1, 0.15) is 38.5 Å². The second-order valence-electron chi connectivity index (χ2n) is 5.14. The number of urea groups is 1. The SMILES string of the molecule is COCCC1(CNC(=O)NCCCO)CCCC1. The molecule has 0 aromatic carbocycles. The third-order valence-electron chi connectivity index (χ3n) is 3.75. The van der Waals surface area contributed by atoms with Crippen LogP contribution in [0.2, 0.25) is 0 Å². The molecule has 106 valence electrons. The lowest BCUT2D eigenvalue weighted by Crippen LogP contribution is -2.42. The van der Waals surface area contributed by atoms with Gasteiger partial charge in [0.15, 0.2) is 0 Å². The third-order valence-corrected chi connectivity index (χ3v) is 3.75. The predicted octanol–water partition coefficient (Wildman–Crippen LogP) is 1.26. The minimum Gasteiger partial charge on any atom is -0.396 e. The van der Waals surface area contributed by atoms with Crippen molar-refractivity contribution in [1.82, 2.24) is 10.6 Å². The Morgan fingerprint density at radius 2 is 2.06 bits per heavy atom. The number of rotatable bonds is 8. The average Bonchev–Trinajstić information content (AvgIpc) is 2.84. The van der Waals surface area contributed by atoms with Crippen molar-refractivity contribution >= 4 is 6.03 Å². The zero-order valence-corrected chi connectivity index (χ0v) is 11.3. The minimum absolute atomic E-state index is 0.109. The molecule has 0 saturated heterocycles. The highest BCUT2D eigenvalue weighted by atomic mass is 16.5. The average molecular weight is 258 g/mol.